The van der Waals surface area contributed by atoms with Crippen LogP contribution in [0.3, 0.4) is 0 Å². The lowest BCUT2D eigenvalue weighted by Gasteiger charge is -2.28. The number of aliphatic hydroxyl groups excluding tert-OH is 1. The summed E-state index contributed by atoms with van der Waals surface area (Å²) in [5, 5.41) is 16.5. The number of rotatable bonds is 5. The molecule has 0 aromatic carbocycles. The van der Waals surface area contributed by atoms with Crippen LogP contribution >= 0.6 is 0 Å². The third kappa shape index (κ3) is 2.70. The maximum Gasteiger partial charge on any atom is 0.139 e. The van der Waals surface area contributed by atoms with Crippen molar-refractivity contribution in [3.63, 3.8) is 0 Å². The van der Waals surface area contributed by atoms with Gasteiger partial charge in [0.15, 0.2) is 0 Å². The molecule has 1 aromatic rings. The van der Waals surface area contributed by atoms with Crippen molar-refractivity contribution in [3.05, 3.63) is 23.9 Å². The third-order valence-electron chi connectivity index (χ3n) is 2.31. The molecule has 0 saturated carbocycles. The van der Waals surface area contributed by atoms with Gasteiger partial charge in [-0.1, -0.05) is 0 Å². The quantitative estimate of drug-likeness (QED) is 0.502. The first kappa shape index (κ1) is 12.4. The Morgan fingerprint density at radius 2 is 2.31 bits per heavy atom. The third-order valence-corrected chi connectivity index (χ3v) is 2.31. The van der Waals surface area contributed by atoms with Crippen LogP contribution in [0, 0.1) is 5.41 Å². The van der Waals surface area contributed by atoms with Crippen LogP contribution in [0.2, 0.25) is 0 Å². The summed E-state index contributed by atoms with van der Waals surface area (Å²) < 4.78 is 0. The second-order valence-corrected chi connectivity index (χ2v) is 3.80. The van der Waals surface area contributed by atoms with Crippen LogP contribution in [0.4, 0.5) is 5.82 Å². The number of aliphatic hydroxyl groups is 1. The maximum absolute atomic E-state index is 9.02. The summed E-state index contributed by atoms with van der Waals surface area (Å²) in [5.74, 6) is 0.644. The highest BCUT2D eigenvalue weighted by atomic mass is 16.3. The van der Waals surface area contributed by atoms with E-state index >= 15 is 0 Å². The van der Waals surface area contributed by atoms with Crippen molar-refractivity contribution >= 4 is 11.7 Å². The molecular formula is C11H18N4O. The summed E-state index contributed by atoms with van der Waals surface area (Å²) in [6.45, 7) is 4.55. The van der Waals surface area contributed by atoms with Gasteiger partial charge in [-0.25, -0.2) is 4.98 Å². The minimum Gasteiger partial charge on any atom is -0.395 e. The normalized spacial score (nSPS) is 10.5. The topological polar surface area (TPSA) is 86.2 Å². The minimum absolute atomic E-state index is 0.00769. The van der Waals surface area contributed by atoms with E-state index in [1.54, 1.807) is 18.3 Å². The van der Waals surface area contributed by atoms with Gasteiger partial charge in [-0.05, 0) is 26.0 Å². The lowest BCUT2D eigenvalue weighted by molar-refractivity contribution is 0.298. The lowest BCUT2D eigenvalue weighted by Crippen LogP contribution is -2.35. The molecule has 4 N–H and O–H groups in total. The minimum atomic E-state index is -0.00769. The molecule has 1 aromatic heterocycles. The summed E-state index contributed by atoms with van der Waals surface area (Å²) >= 11 is 0. The Morgan fingerprint density at radius 1 is 1.62 bits per heavy atom. The van der Waals surface area contributed by atoms with Gasteiger partial charge >= 0.3 is 0 Å². The molecular weight excluding hydrogens is 204 g/mol. The van der Waals surface area contributed by atoms with E-state index < -0.39 is 0 Å². The fourth-order valence-electron chi connectivity index (χ4n) is 1.55. The molecule has 0 radical (unpaired) electrons. The molecule has 0 unspecified atom stereocenters. The van der Waals surface area contributed by atoms with E-state index in [9.17, 15) is 0 Å². The Bertz CT molecular complexity index is 365. The van der Waals surface area contributed by atoms with E-state index in [4.69, 9.17) is 16.2 Å². The molecule has 5 heteroatoms. The van der Waals surface area contributed by atoms with E-state index in [0.717, 1.165) is 0 Å². The number of hydrogen-bond acceptors (Lipinski definition) is 4. The molecule has 0 bridgehead atoms. The van der Waals surface area contributed by atoms with Crippen molar-refractivity contribution in [3.8, 4) is 0 Å². The zero-order valence-electron chi connectivity index (χ0n) is 9.64. The summed E-state index contributed by atoms with van der Waals surface area (Å²) in [6, 6.07) is 3.70. The Hall–Kier alpha value is -1.62. The smallest absolute Gasteiger partial charge is 0.139 e. The summed E-state index contributed by atoms with van der Waals surface area (Å²) in [7, 11) is 0. The number of nitrogen functional groups attached to an aromatic ring is 1. The summed E-state index contributed by atoms with van der Waals surface area (Å²) in [5.41, 5.74) is 6.10. The molecule has 0 spiro atoms. The first-order valence-electron chi connectivity index (χ1n) is 5.24. The molecule has 16 heavy (non-hydrogen) atoms. The molecule has 1 rings (SSSR count). The Labute approximate surface area is 95.4 Å². The van der Waals surface area contributed by atoms with Gasteiger partial charge in [-0.15, -0.1) is 0 Å². The summed E-state index contributed by atoms with van der Waals surface area (Å²) in [4.78, 5) is 6.16. The fraction of sp³-hybridized carbons (Fsp3) is 0.455. The van der Waals surface area contributed by atoms with Gasteiger partial charge in [0.25, 0.3) is 0 Å². The fourth-order valence-corrected chi connectivity index (χ4v) is 1.55. The first-order valence-corrected chi connectivity index (χ1v) is 5.24. The highest BCUT2D eigenvalue weighted by Gasteiger charge is 2.16. The van der Waals surface area contributed by atoms with E-state index in [0.29, 0.717) is 17.9 Å². The summed E-state index contributed by atoms with van der Waals surface area (Å²) in [6.07, 6.45) is 1.66. The van der Waals surface area contributed by atoms with Crippen LogP contribution in [0.25, 0.3) is 0 Å². The van der Waals surface area contributed by atoms with Crippen molar-refractivity contribution in [1.82, 2.24) is 4.98 Å². The van der Waals surface area contributed by atoms with Crippen molar-refractivity contribution in [2.75, 3.05) is 18.1 Å². The van der Waals surface area contributed by atoms with Crippen molar-refractivity contribution in [1.29, 1.82) is 5.41 Å². The zero-order chi connectivity index (χ0) is 12.1. The molecule has 1 heterocycles. The van der Waals surface area contributed by atoms with Crippen LogP contribution in [0.5, 0.6) is 0 Å². The van der Waals surface area contributed by atoms with Gasteiger partial charge in [0.2, 0.25) is 0 Å². The molecule has 0 amide bonds. The SMILES string of the molecule is CC(C)N(CCO)c1ncccc1C(=N)N. The van der Waals surface area contributed by atoms with E-state index in [1.165, 1.54) is 0 Å². The number of aromatic nitrogens is 1. The van der Waals surface area contributed by atoms with E-state index in [1.807, 2.05) is 18.7 Å². The molecule has 0 aliphatic carbocycles. The van der Waals surface area contributed by atoms with Gasteiger partial charge in [0, 0.05) is 18.8 Å². The number of pyridine rings is 1. The molecule has 88 valence electrons. The van der Waals surface area contributed by atoms with Crippen LogP contribution < -0.4 is 10.6 Å². The highest BCUT2D eigenvalue weighted by molar-refractivity contribution is 5.99. The number of hydrogen-bond donors (Lipinski definition) is 3. The van der Waals surface area contributed by atoms with Gasteiger partial charge in [-0.2, -0.15) is 0 Å². The maximum atomic E-state index is 9.02. The predicted octanol–water partition coefficient (Wildman–Crippen LogP) is 0.573. The lowest BCUT2D eigenvalue weighted by atomic mass is 10.2. The highest BCUT2D eigenvalue weighted by Crippen LogP contribution is 2.18. The Kier molecular flexibility index (Phi) is 4.25. The van der Waals surface area contributed by atoms with Crippen LogP contribution in [0.15, 0.2) is 18.3 Å². The number of nitrogens with zero attached hydrogens (tertiary/aromatic N) is 2. The van der Waals surface area contributed by atoms with Gasteiger partial charge in [-0.3, -0.25) is 5.41 Å². The van der Waals surface area contributed by atoms with Gasteiger partial charge < -0.3 is 15.7 Å². The first-order chi connectivity index (χ1) is 7.57. The van der Waals surface area contributed by atoms with Crippen LogP contribution in [-0.4, -0.2) is 35.1 Å². The molecule has 0 aliphatic rings. The average Bonchev–Trinajstić information content (AvgIpc) is 2.25. The van der Waals surface area contributed by atoms with Crippen molar-refractivity contribution in [2.45, 2.75) is 19.9 Å². The second kappa shape index (κ2) is 5.46. The van der Waals surface area contributed by atoms with Gasteiger partial charge in [0.1, 0.15) is 11.7 Å². The Morgan fingerprint density at radius 3 is 2.81 bits per heavy atom. The number of amidine groups is 1. The monoisotopic (exact) mass is 222 g/mol. The van der Waals surface area contributed by atoms with E-state index in [-0.39, 0.29) is 18.5 Å². The van der Waals surface area contributed by atoms with Crippen molar-refractivity contribution in [2.24, 2.45) is 5.73 Å². The molecule has 0 aliphatic heterocycles. The molecule has 0 saturated heterocycles. The standard InChI is InChI=1S/C11H18N4O/c1-8(2)15(6-7-16)11-9(10(12)13)4-3-5-14-11/h3-5,8,16H,6-7H2,1-2H3,(H3,12,13). The van der Waals surface area contributed by atoms with Gasteiger partial charge in [0.05, 0.1) is 12.2 Å². The number of nitrogens with two attached hydrogens (primary N) is 1. The Balaban J connectivity index is 3.12. The zero-order valence-corrected chi connectivity index (χ0v) is 9.64. The molecule has 5 nitrogen and oxygen atoms in total. The molecule has 0 fully saturated rings. The van der Waals surface area contributed by atoms with Crippen molar-refractivity contribution < 1.29 is 5.11 Å². The number of nitrogens with one attached hydrogen (secondary N) is 1. The largest absolute Gasteiger partial charge is 0.395 e. The average molecular weight is 222 g/mol. The van der Waals surface area contributed by atoms with Crippen LogP contribution in [0.1, 0.15) is 19.4 Å². The number of anilines is 1. The van der Waals surface area contributed by atoms with E-state index in [2.05, 4.69) is 4.98 Å². The second-order valence-electron chi connectivity index (χ2n) is 3.80. The predicted molar refractivity (Wildman–Crippen MR) is 64.8 cm³/mol. The van der Waals surface area contributed by atoms with Crippen LogP contribution in [-0.2, 0) is 0 Å². The molecule has 0 atom stereocenters.